The van der Waals surface area contributed by atoms with E-state index in [0.29, 0.717) is 50.3 Å². The molecule has 1 aromatic heterocycles. The molecule has 0 bridgehead atoms. The number of nitrogens with zero attached hydrogens (tertiary/aromatic N) is 1. The Labute approximate surface area is 278 Å². The average Bonchev–Trinajstić information content (AvgIpc) is 3.51. The van der Waals surface area contributed by atoms with Gasteiger partial charge in [0.15, 0.2) is 11.5 Å². The first kappa shape index (κ1) is 35.4. The van der Waals surface area contributed by atoms with Gasteiger partial charge in [-0.3, -0.25) is 14.4 Å². The van der Waals surface area contributed by atoms with Crippen LogP contribution in [0.15, 0.2) is 83.3 Å². The number of oxazole rings is 1. The van der Waals surface area contributed by atoms with Crippen molar-refractivity contribution in [3.8, 4) is 0 Å². The molecule has 8 nitrogen and oxygen atoms in total. The lowest BCUT2D eigenvalue weighted by Crippen LogP contribution is -2.38. The van der Waals surface area contributed by atoms with Gasteiger partial charge in [0.25, 0.3) is 0 Å². The second-order valence-corrected chi connectivity index (χ2v) is 12.2. The van der Waals surface area contributed by atoms with Gasteiger partial charge in [0.1, 0.15) is 5.52 Å². The van der Waals surface area contributed by atoms with E-state index in [4.69, 9.17) is 9.15 Å². The fraction of sp³-hybridized carbons (Fsp3) is 0.436. The van der Waals surface area contributed by atoms with Crippen LogP contribution in [0.2, 0.25) is 0 Å². The third-order valence-corrected chi connectivity index (χ3v) is 8.37. The summed E-state index contributed by atoms with van der Waals surface area (Å²) < 4.78 is 11.6. The summed E-state index contributed by atoms with van der Waals surface area (Å²) in [5.41, 5.74) is 4.72. The van der Waals surface area contributed by atoms with Crippen molar-refractivity contribution in [2.75, 3.05) is 18.5 Å². The number of nitrogens with one attached hydrogen (secondary N) is 2. The Morgan fingerprint density at radius 1 is 0.766 bits per heavy atom. The Kier molecular flexibility index (Phi) is 14.5. The topological polar surface area (TPSA) is 111 Å². The van der Waals surface area contributed by atoms with Crippen LogP contribution in [0, 0.1) is 11.8 Å². The molecule has 4 rings (SSSR count). The Hall–Kier alpha value is -4.46. The normalized spacial score (nSPS) is 12.4. The van der Waals surface area contributed by atoms with E-state index in [1.165, 1.54) is 5.56 Å². The Balaban J connectivity index is 1.41. The summed E-state index contributed by atoms with van der Waals surface area (Å²) >= 11 is 0. The number of benzene rings is 3. The summed E-state index contributed by atoms with van der Waals surface area (Å²) in [6.07, 6.45) is 8.26. The number of carbonyl (C=O) groups is 3. The Morgan fingerprint density at radius 3 is 2.21 bits per heavy atom. The minimum atomic E-state index is -0.462. The highest BCUT2D eigenvalue weighted by molar-refractivity contribution is 5.94. The molecular formula is C39H49N3O5. The highest BCUT2D eigenvalue weighted by Gasteiger charge is 2.28. The standard InChI is InChI=1S/C39H49N3O5/c1-3-5-26-46-39(45)32(14-9-12-19-37-42-34-17-10-11-18-35(34)47-37)27-31(25-24-30-22-20-29(13-4-2)21-23-30)38(44)40-28-36(43)41-33-15-7-6-8-16-33/h6-8,10-11,15-18,20-23,31-32H,3-5,9,12-14,19,24-28H2,1-2H3,(H,40,44)(H,41,43). The smallest absolute Gasteiger partial charge is 0.308 e. The maximum Gasteiger partial charge on any atom is 0.308 e. The summed E-state index contributed by atoms with van der Waals surface area (Å²) in [7, 11) is 0. The van der Waals surface area contributed by atoms with Crippen LogP contribution >= 0.6 is 0 Å². The fourth-order valence-corrected chi connectivity index (χ4v) is 5.70. The van der Waals surface area contributed by atoms with E-state index in [0.717, 1.165) is 55.2 Å². The summed E-state index contributed by atoms with van der Waals surface area (Å²) in [5.74, 6) is -1.00. The molecule has 2 amide bonds. The number of ether oxygens (including phenoxy) is 1. The largest absolute Gasteiger partial charge is 0.465 e. The van der Waals surface area contributed by atoms with Gasteiger partial charge in [0, 0.05) is 18.0 Å². The van der Waals surface area contributed by atoms with Crippen molar-refractivity contribution in [3.63, 3.8) is 0 Å². The highest BCUT2D eigenvalue weighted by Crippen LogP contribution is 2.26. The van der Waals surface area contributed by atoms with Crippen molar-refractivity contribution in [2.45, 2.75) is 84.5 Å². The summed E-state index contributed by atoms with van der Waals surface area (Å²) in [6, 6.07) is 25.4. The zero-order valence-electron chi connectivity index (χ0n) is 27.8. The van der Waals surface area contributed by atoms with Crippen molar-refractivity contribution in [3.05, 3.63) is 95.9 Å². The molecule has 1 heterocycles. The number of amides is 2. The molecule has 0 aliphatic heterocycles. The SMILES string of the molecule is CCCCOC(=O)C(CCCCc1nc2ccccc2o1)CC(CCc1ccc(CCC)cc1)C(=O)NCC(=O)Nc1ccccc1. The van der Waals surface area contributed by atoms with E-state index in [9.17, 15) is 14.4 Å². The molecule has 0 aliphatic rings. The van der Waals surface area contributed by atoms with Crippen LogP contribution in [-0.4, -0.2) is 35.9 Å². The van der Waals surface area contributed by atoms with Crippen LogP contribution in [-0.2, 0) is 38.4 Å². The molecule has 3 aromatic carbocycles. The molecule has 8 heteroatoms. The van der Waals surface area contributed by atoms with E-state index in [-0.39, 0.29) is 24.3 Å². The number of esters is 1. The monoisotopic (exact) mass is 639 g/mol. The first-order valence-corrected chi connectivity index (χ1v) is 17.2. The molecule has 0 spiro atoms. The van der Waals surface area contributed by atoms with Gasteiger partial charge in [-0.25, -0.2) is 4.98 Å². The van der Waals surface area contributed by atoms with Crippen LogP contribution in [0.25, 0.3) is 11.1 Å². The first-order chi connectivity index (χ1) is 22.9. The van der Waals surface area contributed by atoms with Crippen molar-refractivity contribution in [1.29, 1.82) is 0 Å². The van der Waals surface area contributed by atoms with Crippen LogP contribution in [0.4, 0.5) is 5.69 Å². The van der Waals surface area contributed by atoms with Gasteiger partial charge >= 0.3 is 5.97 Å². The number of hydrogen-bond acceptors (Lipinski definition) is 6. The average molecular weight is 640 g/mol. The van der Waals surface area contributed by atoms with E-state index >= 15 is 0 Å². The predicted molar refractivity (Wildman–Crippen MR) is 186 cm³/mol. The molecule has 0 radical (unpaired) electrons. The minimum Gasteiger partial charge on any atom is -0.465 e. The number of para-hydroxylation sites is 3. The summed E-state index contributed by atoms with van der Waals surface area (Å²) in [4.78, 5) is 44.2. The predicted octanol–water partition coefficient (Wildman–Crippen LogP) is 7.85. The van der Waals surface area contributed by atoms with Crippen LogP contribution in [0.3, 0.4) is 0 Å². The second kappa shape index (κ2) is 19.3. The zero-order chi connectivity index (χ0) is 33.3. The molecule has 47 heavy (non-hydrogen) atoms. The van der Waals surface area contributed by atoms with Gasteiger partial charge in [-0.1, -0.05) is 87.7 Å². The number of rotatable bonds is 20. The van der Waals surface area contributed by atoms with E-state index in [2.05, 4.69) is 53.7 Å². The third-order valence-electron chi connectivity index (χ3n) is 8.37. The van der Waals surface area contributed by atoms with Crippen molar-refractivity contribution >= 4 is 34.6 Å². The number of carbonyl (C=O) groups excluding carboxylic acids is 3. The van der Waals surface area contributed by atoms with E-state index in [1.807, 2.05) is 42.5 Å². The van der Waals surface area contributed by atoms with Crippen molar-refractivity contribution in [2.24, 2.45) is 11.8 Å². The molecule has 0 aliphatic carbocycles. The minimum absolute atomic E-state index is 0.147. The van der Waals surface area contributed by atoms with Gasteiger partial charge in [-0.05, 0) is 80.3 Å². The molecule has 2 unspecified atom stereocenters. The number of unbranched alkanes of at least 4 members (excludes halogenated alkanes) is 2. The molecule has 250 valence electrons. The molecule has 0 fully saturated rings. The fourth-order valence-electron chi connectivity index (χ4n) is 5.70. The molecule has 0 saturated heterocycles. The van der Waals surface area contributed by atoms with Gasteiger partial charge in [-0.2, -0.15) is 0 Å². The van der Waals surface area contributed by atoms with Crippen LogP contribution < -0.4 is 10.6 Å². The second-order valence-electron chi connectivity index (χ2n) is 12.2. The Morgan fingerprint density at radius 2 is 1.49 bits per heavy atom. The van der Waals surface area contributed by atoms with Gasteiger partial charge < -0.3 is 19.8 Å². The molecule has 2 atom stereocenters. The lowest BCUT2D eigenvalue weighted by atomic mass is 9.86. The van der Waals surface area contributed by atoms with Crippen molar-refractivity contribution in [1.82, 2.24) is 10.3 Å². The van der Waals surface area contributed by atoms with E-state index in [1.54, 1.807) is 12.1 Å². The highest BCUT2D eigenvalue weighted by atomic mass is 16.5. The van der Waals surface area contributed by atoms with Gasteiger partial charge in [0.05, 0.1) is 19.1 Å². The van der Waals surface area contributed by atoms with Crippen LogP contribution in [0.1, 0.15) is 82.2 Å². The lowest BCUT2D eigenvalue weighted by Gasteiger charge is -2.23. The maximum atomic E-state index is 13.6. The summed E-state index contributed by atoms with van der Waals surface area (Å²) in [5, 5.41) is 5.65. The molecule has 0 saturated carbocycles. The number of anilines is 1. The van der Waals surface area contributed by atoms with E-state index < -0.39 is 11.8 Å². The number of aryl methyl sites for hydroxylation is 3. The molecule has 2 N–H and O–H groups in total. The molecular weight excluding hydrogens is 590 g/mol. The lowest BCUT2D eigenvalue weighted by molar-refractivity contribution is -0.150. The first-order valence-electron chi connectivity index (χ1n) is 17.2. The molecule has 4 aromatic rings. The van der Waals surface area contributed by atoms with Gasteiger partial charge in [-0.15, -0.1) is 0 Å². The van der Waals surface area contributed by atoms with Crippen molar-refractivity contribution < 1.29 is 23.5 Å². The Bertz CT molecular complexity index is 1500. The number of fused-ring (bicyclic) bond motifs is 1. The third kappa shape index (κ3) is 12.0. The zero-order valence-corrected chi connectivity index (χ0v) is 27.8. The maximum absolute atomic E-state index is 13.6. The number of aromatic nitrogens is 1. The number of hydrogen-bond donors (Lipinski definition) is 2. The van der Waals surface area contributed by atoms with Gasteiger partial charge in [0.2, 0.25) is 11.8 Å². The quantitative estimate of drug-likeness (QED) is 0.0753. The van der Waals surface area contributed by atoms with Crippen LogP contribution in [0.5, 0.6) is 0 Å². The summed E-state index contributed by atoms with van der Waals surface area (Å²) in [6.45, 7) is 4.44.